The molecule has 0 aliphatic heterocycles. The molecular weight excluding hydrogens is 484 g/mol. The predicted molar refractivity (Wildman–Crippen MR) is 142 cm³/mol. The lowest BCUT2D eigenvalue weighted by molar-refractivity contribution is -0.122. The van der Waals surface area contributed by atoms with Crippen LogP contribution in [0.15, 0.2) is 91.4 Å². The van der Waals surface area contributed by atoms with Crippen LogP contribution in [0.3, 0.4) is 0 Å². The van der Waals surface area contributed by atoms with Crippen LogP contribution in [0.4, 0.5) is 5.69 Å². The van der Waals surface area contributed by atoms with Gasteiger partial charge < -0.3 is 19.5 Å². The van der Waals surface area contributed by atoms with Gasteiger partial charge in [-0.25, -0.2) is 4.98 Å². The van der Waals surface area contributed by atoms with E-state index in [9.17, 15) is 9.59 Å². The van der Waals surface area contributed by atoms with E-state index >= 15 is 0 Å². The van der Waals surface area contributed by atoms with Crippen molar-refractivity contribution >= 4 is 17.5 Å². The fourth-order valence-corrected chi connectivity index (χ4v) is 3.98. The Morgan fingerprint density at radius 2 is 1.61 bits per heavy atom. The third-order valence-electron chi connectivity index (χ3n) is 5.89. The van der Waals surface area contributed by atoms with Crippen LogP contribution in [0.5, 0.6) is 17.2 Å². The summed E-state index contributed by atoms with van der Waals surface area (Å²) in [7, 11) is 4.60. The van der Waals surface area contributed by atoms with Crippen molar-refractivity contribution in [2.24, 2.45) is 0 Å². The zero-order valence-corrected chi connectivity index (χ0v) is 21.3. The zero-order chi connectivity index (χ0) is 26.9. The molecular formula is C29H28N4O5. The van der Waals surface area contributed by atoms with Crippen LogP contribution < -0.4 is 24.4 Å². The highest BCUT2D eigenvalue weighted by Gasteiger charge is 2.34. The Morgan fingerprint density at radius 1 is 0.868 bits per heavy atom. The molecule has 9 nitrogen and oxygen atoms in total. The summed E-state index contributed by atoms with van der Waals surface area (Å²) < 4.78 is 16.2. The fourth-order valence-electron chi connectivity index (χ4n) is 3.98. The average molecular weight is 513 g/mol. The van der Waals surface area contributed by atoms with Crippen LogP contribution in [0.2, 0.25) is 0 Å². The molecule has 4 rings (SSSR count). The van der Waals surface area contributed by atoms with Gasteiger partial charge in [0, 0.05) is 24.6 Å². The number of nitrogens with one attached hydrogen (secondary N) is 1. The number of hydrogen-bond donors (Lipinski definition) is 1. The van der Waals surface area contributed by atoms with Crippen LogP contribution >= 0.6 is 0 Å². The first-order valence-electron chi connectivity index (χ1n) is 11.8. The molecule has 0 saturated heterocycles. The first-order chi connectivity index (χ1) is 18.5. The van der Waals surface area contributed by atoms with Gasteiger partial charge in [0.1, 0.15) is 17.5 Å². The summed E-state index contributed by atoms with van der Waals surface area (Å²) in [4.78, 5) is 37.5. The highest BCUT2D eigenvalue weighted by molar-refractivity contribution is 6.09. The van der Waals surface area contributed by atoms with E-state index in [1.807, 2.05) is 30.3 Å². The minimum absolute atomic E-state index is 0.0876. The molecule has 0 unspecified atom stereocenters. The first kappa shape index (κ1) is 26.2. The first-order valence-corrected chi connectivity index (χ1v) is 11.8. The van der Waals surface area contributed by atoms with E-state index in [4.69, 9.17) is 14.2 Å². The van der Waals surface area contributed by atoms with Gasteiger partial charge in [-0.3, -0.25) is 19.5 Å². The van der Waals surface area contributed by atoms with Crippen molar-refractivity contribution in [3.63, 3.8) is 0 Å². The Kier molecular flexibility index (Phi) is 8.50. The molecule has 2 amide bonds. The molecule has 194 valence electrons. The molecule has 0 aliphatic rings. The van der Waals surface area contributed by atoms with Crippen LogP contribution in [-0.2, 0) is 11.3 Å². The van der Waals surface area contributed by atoms with Gasteiger partial charge in [-0.15, -0.1) is 0 Å². The molecule has 3 aromatic carbocycles. The van der Waals surface area contributed by atoms with E-state index in [2.05, 4.69) is 15.3 Å². The molecule has 1 atom stereocenters. The lowest BCUT2D eigenvalue weighted by Gasteiger charge is -2.31. The highest BCUT2D eigenvalue weighted by Crippen LogP contribution is 2.35. The minimum atomic E-state index is -1.08. The van der Waals surface area contributed by atoms with E-state index in [0.29, 0.717) is 28.5 Å². The highest BCUT2D eigenvalue weighted by atomic mass is 16.5. The minimum Gasteiger partial charge on any atom is -0.497 e. The lowest BCUT2D eigenvalue weighted by atomic mass is 10.0. The largest absolute Gasteiger partial charge is 0.497 e. The van der Waals surface area contributed by atoms with Crippen LogP contribution in [0.25, 0.3) is 0 Å². The fraction of sp³-hybridized carbons (Fsp3) is 0.172. The van der Waals surface area contributed by atoms with Crippen molar-refractivity contribution in [2.75, 3.05) is 26.2 Å². The van der Waals surface area contributed by atoms with Crippen molar-refractivity contribution in [1.29, 1.82) is 0 Å². The number of ether oxygens (including phenoxy) is 3. The Labute approximate surface area is 221 Å². The Morgan fingerprint density at radius 3 is 2.24 bits per heavy atom. The maximum absolute atomic E-state index is 13.9. The summed E-state index contributed by atoms with van der Waals surface area (Å²) in [5.41, 5.74) is 1.99. The van der Waals surface area contributed by atoms with E-state index in [1.165, 1.54) is 37.7 Å². The number of hydrogen-bond acceptors (Lipinski definition) is 7. The van der Waals surface area contributed by atoms with Crippen molar-refractivity contribution < 1.29 is 23.8 Å². The number of carbonyl (C=O) groups excluding carboxylic acids is 2. The van der Waals surface area contributed by atoms with E-state index < -0.39 is 17.9 Å². The molecule has 0 saturated carbocycles. The maximum Gasteiger partial charge on any atom is 0.279 e. The molecule has 1 N–H and O–H groups in total. The van der Waals surface area contributed by atoms with Gasteiger partial charge >= 0.3 is 0 Å². The van der Waals surface area contributed by atoms with E-state index in [0.717, 1.165) is 5.56 Å². The zero-order valence-electron chi connectivity index (χ0n) is 21.3. The van der Waals surface area contributed by atoms with Gasteiger partial charge in [0.25, 0.3) is 5.91 Å². The summed E-state index contributed by atoms with van der Waals surface area (Å²) in [6.45, 7) is 0.277. The molecule has 0 radical (unpaired) electrons. The molecule has 9 heteroatoms. The Balaban J connectivity index is 1.83. The van der Waals surface area contributed by atoms with Gasteiger partial charge in [-0.05, 0) is 47.5 Å². The van der Waals surface area contributed by atoms with Gasteiger partial charge in [0.05, 0.1) is 27.5 Å². The standard InChI is InChI=1S/C29H28N4O5/c1-36-23-12-10-22(11-13-23)33(29(35)24-19-30-15-16-31-24)27(21-9-14-25(37-2)26(17-21)38-3)28(34)32-18-20-7-5-4-6-8-20/h4-17,19,27H,18H2,1-3H3,(H,32,34)/t27-/m1/s1. The maximum atomic E-state index is 13.9. The number of nitrogens with zero attached hydrogens (tertiary/aromatic N) is 3. The molecule has 0 spiro atoms. The Hall–Kier alpha value is -4.92. The summed E-state index contributed by atoms with van der Waals surface area (Å²) in [5.74, 6) is 0.632. The normalized spacial score (nSPS) is 11.2. The van der Waals surface area contributed by atoms with Crippen molar-refractivity contribution in [1.82, 2.24) is 15.3 Å². The summed E-state index contributed by atoms with van der Waals surface area (Å²) >= 11 is 0. The second-order valence-corrected chi connectivity index (χ2v) is 8.18. The van der Waals surface area contributed by atoms with Crippen LogP contribution in [0, 0.1) is 0 Å². The second kappa shape index (κ2) is 12.4. The number of aromatic nitrogens is 2. The monoisotopic (exact) mass is 512 g/mol. The van der Waals surface area contributed by atoms with Crippen molar-refractivity contribution in [3.8, 4) is 17.2 Å². The molecule has 0 bridgehead atoms. The van der Waals surface area contributed by atoms with Crippen molar-refractivity contribution in [2.45, 2.75) is 12.6 Å². The lowest BCUT2D eigenvalue weighted by Crippen LogP contribution is -2.44. The second-order valence-electron chi connectivity index (χ2n) is 8.18. The average Bonchev–Trinajstić information content (AvgIpc) is 2.99. The van der Waals surface area contributed by atoms with Gasteiger partial charge in [-0.2, -0.15) is 0 Å². The third-order valence-corrected chi connectivity index (χ3v) is 5.89. The smallest absolute Gasteiger partial charge is 0.279 e. The molecule has 1 aromatic heterocycles. The van der Waals surface area contributed by atoms with Crippen LogP contribution in [0.1, 0.15) is 27.7 Å². The molecule has 1 heterocycles. The summed E-state index contributed by atoms with van der Waals surface area (Å²) in [6.07, 6.45) is 4.28. The predicted octanol–water partition coefficient (Wildman–Crippen LogP) is 4.21. The number of carbonyl (C=O) groups is 2. The van der Waals surface area contributed by atoms with Crippen LogP contribution in [-0.4, -0.2) is 43.1 Å². The summed E-state index contributed by atoms with van der Waals surface area (Å²) in [5, 5.41) is 2.98. The summed E-state index contributed by atoms with van der Waals surface area (Å²) in [6, 6.07) is 20.4. The molecule has 4 aromatic rings. The molecule has 38 heavy (non-hydrogen) atoms. The Bertz CT molecular complexity index is 1370. The number of anilines is 1. The topological polar surface area (TPSA) is 103 Å². The van der Waals surface area contributed by atoms with Gasteiger partial charge in [0.2, 0.25) is 5.91 Å². The molecule has 0 aliphatic carbocycles. The van der Waals surface area contributed by atoms with Crippen molar-refractivity contribution in [3.05, 3.63) is 108 Å². The van der Waals surface area contributed by atoms with Gasteiger partial charge in [-0.1, -0.05) is 36.4 Å². The number of benzene rings is 3. The quantitative estimate of drug-likeness (QED) is 0.340. The van der Waals surface area contributed by atoms with Gasteiger partial charge in [0.15, 0.2) is 11.5 Å². The number of amides is 2. The van der Waals surface area contributed by atoms with E-state index in [-0.39, 0.29) is 12.2 Å². The number of rotatable bonds is 10. The molecule has 0 fully saturated rings. The SMILES string of the molecule is COc1ccc(N(C(=O)c2cnccn2)[C@@H](C(=O)NCc2ccccc2)c2ccc(OC)c(OC)c2)cc1. The number of methoxy groups -OCH3 is 3. The van der Waals surface area contributed by atoms with E-state index in [1.54, 1.807) is 49.6 Å². The third kappa shape index (κ3) is 5.89.